The van der Waals surface area contributed by atoms with Gasteiger partial charge in [-0.1, -0.05) is 18.2 Å². The van der Waals surface area contributed by atoms with Gasteiger partial charge in [0.25, 0.3) is 5.56 Å². The zero-order valence-electron chi connectivity index (χ0n) is 22.7. The summed E-state index contributed by atoms with van der Waals surface area (Å²) < 4.78 is 21.0. The van der Waals surface area contributed by atoms with Gasteiger partial charge in [-0.25, -0.2) is 9.07 Å². The van der Waals surface area contributed by atoms with Crippen molar-refractivity contribution in [2.75, 3.05) is 0 Å². The van der Waals surface area contributed by atoms with E-state index < -0.39 is 6.04 Å². The highest BCUT2D eigenvalue weighted by Gasteiger charge is 2.31. The summed E-state index contributed by atoms with van der Waals surface area (Å²) in [5.41, 5.74) is 5.00. The number of aromatic nitrogens is 6. The number of hydrogen-bond donors (Lipinski definition) is 1. The molecule has 206 valence electrons. The predicted octanol–water partition coefficient (Wildman–Crippen LogP) is 5.10. The van der Waals surface area contributed by atoms with Crippen LogP contribution in [0.1, 0.15) is 45.4 Å². The lowest BCUT2D eigenvalue weighted by atomic mass is 10.00. The molecule has 0 saturated heterocycles. The summed E-state index contributed by atoms with van der Waals surface area (Å²) in [6.45, 7) is 5.18. The number of furan rings is 1. The smallest absolute Gasteiger partial charge is 0.253 e. The summed E-state index contributed by atoms with van der Waals surface area (Å²) in [6, 6.07) is 19.1. The number of H-pyrrole nitrogens is 1. The maximum atomic E-state index is 13.8. The van der Waals surface area contributed by atoms with E-state index in [0.29, 0.717) is 31.0 Å². The van der Waals surface area contributed by atoms with Crippen molar-refractivity contribution in [2.24, 2.45) is 0 Å². The Morgan fingerprint density at radius 1 is 1.00 bits per heavy atom. The highest BCUT2D eigenvalue weighted by atomic mass is 19.1. The number of fused-ring (bicyclic) bond motifs is 1. The van der Waals surface area contributed by atoms with Crippen LogP contribution in [-0.4, -0.2) is 35.1 Å². The highest BCUT2D eigenvalue weighted by Crippen LogP contribution is 2.31. The van der Waals surface area contributed by atoms with Gasteiger partial charge in [-0.15, -0.1) is 5.10 Å². The summed E-state index contributed by atoms with van der Waals surface area (Å²) >= 11 is 0. The first-order valence-electron chi connectivity index (χ1n) is 13.2. The van der Waals surface area contributed by atoms with E-state index in [-0.39, 0.29) is 11.4 Å². The maximum Gasteiger partial charge on any atom is 0.253 e. The molecule has 9 nitrogen and oxygen atoms in total. The molecule has 1 atom stereocenters. The van der Waals surface area contributed by atoms with Gasteiger partial charge in [-0.2, -0.15) is 0 Å². The summed E-state index contributed by atoms with van der Waals surface area (Å²) in [6.07, 6.45) is 5.14. The Morgan fingerprint density at radius 2 is 1.83 bits per heavy atom. The minimum absolute atomic E-state index is 0.238. The van der Waals surface area contributed by atoms with E-state index in [9.17, 15) is 9.18 Å². The number of tetrazole rings is 1. The zero-order valence-corrected chi connectivity index (χ0v) is 22.7. The monoisotopic (exact) mass is 549 g/mol. The van der Waals surface area contributed by atoms with Crippen molar-refractivity contribution < 1.29 is 8.81 Å². The van der Waals surface area contributed by atoms with Crippen LogP contribution in [0.5, 0.6) is 0 Å². The molecule has 0 aliphatic heterocycles. The first-order chi connectivity index (χ1) is 19.9. The van der Waals surface area contributed by atoms with Gasteiger partial charge in [0.15, 0.2) is 5.82 Å². The van der Waals surface area contributed by atoms with Gasteiger partial charge in [0, 0.05) is 30.0 Å². The van der Waals surface area contributed by atoms with E-state index in [2.05, 4.69) is 36.5 Å². The molecule has 0 spiro atoms. The van der Waals surface area contributed by atoms with Crippen LogP contribution >= 0.6 is 0 Å². The molecule has 0 aliphatic rings. The fourth-order valence-electron chi connectivity index (χ4n) is 5.05. The second kappa shape index (κ2) is 11.3. The number of nitrogens with one attached hydrogen (secondary N) is 1. The van der Waals surface area contributed by atoms with Crippen LogP contribution in [0, 0.1) is 19.7 Å². The van der Waals surface area contributed by atoms with Gasteiger partial charge in [-0.3, -0.25) is 14.7 Å². The molecule has 0 aliphatic carbocycles. The number of hydrogen-bond acceptors (Lipinski definition) is 7. The lowest BCUT2D eigenvalue weighted by Crippen LogP contribution is -2.35. The molecule has 1 N–H and O–H groups in total. The maximum absolute atomic E-state index is 13.8. The van der Waals surface area contributed by atoms with Crippen LogP contribution in [0.25, 0.3) is 10.9 Å². The van der Waals surface area contributed by atoms with E-state index in [0.717, 1.165) is 38.9 Å². The van der Waals surface area contributed by atoms with Crippen LogP contribution in [0.15, 0.2) is 94.6 Å². The minimum atomic E-state index is -0.662. The number of rotatable bonds is 9. The largest absolute Gasteiger partial charge is 0.468 e. The SMILES string of the molecule is Cc1cc2cc([C@@H](c3nnnn3Cc3ccc(F)cc3)N(Cc3cccnc3)Cc3ccco3)c(=O)[nH]c2cc1C. The van der Waals surface area contributed by atoms with Crippen LogP contribution in [0.2, 0.25) is 0 Å². The van der Waals surface area contributed by atoms with Crippen molar-refractivity contribution >= 4 is 10.9 Å². The number of aryl methyl sites for hydroxylation is 2. The molecule has 4 heterocycles. The normalized spacial score (nSPS) is 12.3. The van der Waals surface area contributed by atoms with Crippen molar-refractivity contribution in [2.45, 2.75) is 39.5 Å². The molecule has 0 unspecified atom stereocenters. The lowest BCUT2D eigenvalue weighted by Gasteiger charge is -2.30. The van der Waals surface area contributed by atoms with Crippen LogP contribution in [-0.2, 0) is 19.6 Å². The molecule has 0 fully saturated rings. The van der Waals surface area contributed by atoms with Crippen molar-refractivity contribution in [3.05, 3.63) is 141 Å². The van der Waals surface area contributed by atoms with Crippen molar-refractivity contribution in [1.82, 2.24) is 35.1 Å². The zero-order chi connectivity index (χ0) is 28.3. The average molecular weight is 550 g/mol. The summed E-state index contributed by atoms with van der Waals surface area (Å²) in [4.78, 5) is 23.3. The second-order valence-electron chi connectivity index (χ2n) is 10.1. The number of pyridine rings is 2. The van der Waals surface area contributed by atoms with Gasteiger partial charge < -0.3 is 9.40 Å². The van der Waals surface area contributed by atoms with Gasteiger partial charge in [0.1, 0.15) is 17.6 Å². The first-order valence-corrected chi connectivity index (χ1v) is 13.2. The van der Waals surface area contributed by atoms with Gasteiger partial charge in [0.05, 0.1) is 19.4 Å². The third-order valence-electron chi connectivity index (χ3n) is 7.24. The number of halogens is 1. The molecule has 10 heteroatoms. The third-order valence-corrected chi connectivity index (χ3v) is 7.24. The highest BCUT2D eigenvalue weighted by molar-refractivity contribution is 5.81. The fourth-order valence-corrected chi connectivity index (χ4v) is 5.05. The van der Waals surface area contributed by atoms with Gasteiger partial charge in [-0.05, 0) is 100 Å². The number of benzene rings is 2. The minimum Gasteiger partial charge on any atom is -0.468 e. The molecular weight excluding hydrogens is 521 g/mol. The molecule has 6 aromatic rings. The van der Waals surface area contributed by atoms with E-state index in [1.54, 1.807) is 35.5 Å². The van der Waals surface area contributed by atoms with E-state index in [4.69, 9.17) is 4.42 Å². The van der Waals surface area contributed by atoms with Gasteiger partial charge in [0.2, 0.25) is 0 Å². The fraction of sp³-hybridized carbons (Fsp3) is 0.194. The van der Waals surface area contributed by atoms with Crippen LogP contribution < -0.4 is 5.56 Å². The molecule has 2 aromatic carbocycles. The Morgan fingerprint density at radius 3 is 2.59 bits per heavy atom. The molecule has 41 heavy (non-hydrogen) atoms. The van der Waals surface area contributed by atoms with Crippen molar-refractivity contribution in [3.8, 4) is 0 Å². The third kappa shape index (κ3) is 5.68. The first kappa shape index (κ1) is 26.3. The topological polar surface area (TPSA) is 106 Å². The van der Waals surface area contributed by atoms with E-state index in [1.165, 1.54) is 12.1 Å². The Balaban J connectivity index is 1.52. The summed E-state index contributed by atoms with van der Waals surface area (Å²) in [7, 11) is 0. The predicted molar refractivity (Wildman–Crippen MR) is 151 cm³/mol. The molecule has 0 radical (unpaired) electrons. The molecule has 0 amide bonds. The van der Waals surface area contributed by atoms with Crippen LogP contribution in [0.4, 0.5) is 4.39 Å². The van der Waals surface area contributed by atoms with Crippen molar-refractivity contribution in [3.63, 3.8) is 0 Å². The molecule has 6 rings (SSSR count). The van der Waals surface area contributed by atoms with E-state index in [1.807, 2.05) is 50.2 Å². The molecule has 0 saturated carbocycles. The Labute approximate surface area is 235 Å². The van der Waals surface area contributed by atoms with Crippen LogP contribution in [0.3, 0.4) is 0 Å². The average Bonchev–Trinajstić information content (AvgIpc) is 3.65. The van der Waals surface area contributed by atoms with E-state index >= 15 is 0 Å². The van der Waals surface area contributed by atoms with Crippen molar-refractivity contribution in [1.29, 1.82) is 0 Å². The second-order valence-corrected chi connectivity index (χ2v) is 10.1. The Kier molecular flexibility index (Phi) is 7.22. The standard InChI is InChI=1S/C31H28FN7O2/c1-20-13-24-15-27(31(40)34-28(24)14-21(20)2)29(30-35-36-37-39(30)18-22-7-9-25(32)10-8-22)38(19-26-6-4-12-41-26)17-23-5-3-11-33-16-23/h3-16,29H,17-19H2,1-2H3,(H,34,40)/t29-/m0/s1. The number of nitrogens with zero attached hydrogens (tertiary/aromatic N) is 6. The molecular formula is C31H28FN7O2. The quantitative estimate of drug-likeness (QED) is 0.268. The summed E-state index contributed by atoms with van der Waals surface area (Å²) in [5, 5.41) is 13.6. The molecule has 0 bridgehead atoms. The number of aromatic amines is 1. The molecule has 4 aromatic heterocycles. The Bertz CT molecular complexity index is 1830. The summed E-state index contributed by atoms with van der Waals surface area (Å²) in [5.74, 6) is 0.872. The lowest BCUT2D eigenvalue weighted by molar-refractivity contribution is 0.179. The van der Waals surface area contributed by atoms with Gasteiger partial charge >= 0.3 is 0 Å². The Hall–Kier alpha value is -4.96.